The smallest absolute Gasteiger partial charge is 0.135 e. The van der Waals surface area contributed by atoms with Crippen LogP contribution >= 0.6 is 0 Å². The van der Waals surface area contributed by atoms with Crippen LogP contribution in [-0.2, 0) is 31.9 Å². The van der Waals surface area contributed by atoms with Gasteiger partial charge in [0.2, 0.25) is 0 Å². The first-order valence-electron chi connectivity index (χ1n) is 18.9. The summed E-state index contributed by atoms with van der Waals surface area (Å²) in [6.45, 7) is 15.6. The number of para-hydroxylation sites is 2. The van der Waals surface area contributed by atoms with Gasteiger partial charge >= 0.3 is 0 Å². The van der Waals surface area contributed by atoms with Crippen LogP contribution in [0.4, 0.5) is 22.7 Å². The van der Waals surface area contributed by atoms with E-state index in [1.807, 2.05) is 24.4 Å². The molecule has 1 aliphatic heterocycles. The fraction of sp³-hybridized carbons (Fsp3) is 0.160. The number of fused-ring (bicyclic) bond motifs is 4. The topological polar surface area (TPSA) is 33.5 Å². The van der Waals surface area contributed by atoms with Crippen molar-refractivity contribution in [1.82, 2.24) is 9.55 Å². The minimum Gasteiger partial charge on any atom is -0.509 e. The molecule has 0 bridgehead atoms. The summed E-state index contributed by atoms with van der Waals surface area (Å²) in [5.74, 6) is 2.06. The molecule has 282 valence electrons. The van der Waals surface area contributed by atoms with Crippen molar-refractivity contribution in [1.29, 1.82) is 0 Å². The first-order valence-corrected chi connectivity index (χ1v) is 18.9. The van der Waals surface area contributed by atoms with Gasteiger partial charge < -0.3 is 19.1 Å². The Hall–Kier alpha value is -5.64. The van der Waals surface area contributed by atoms with Crippen LogP contribution < -0.4 is 14.5 Å². The summed E-state index contributed by atoms with van der Waals surface area (Å²) in [6.07, 6.45) is 1.91. The van der Waals surface area contributed by atoms with Crippen molar-refractivity contribution in [3.63, 3.8) is 0 Å². The summed E-state index contributed by atoms with van der Waals surface area (Å²) in [4.78, 5) is 9.32. The molecule has 2 aromatic heterocycles. The third kappa shape index (κ3) is 6.90. The molecule has 1 aliphatic rings. The van der Waals surface area contributed by atoms with E-state index in [9.17, 15) is 0 Å². The number of hydrogen-bond acceptors (Lipinski definition) is 4. The van der Waals surface area contributed by atoms with Crippen molar-refractivity contribution in [2.24, 2.45) is 0 Å². The summed E-state index contributed by atoms with van der Waals surface area (Å²) in [5.41, 5.74) is 11.0. The summed E-state index contributed by atoms with van der Waals surface area (Å²) < 4.78 is 8.81. The quantitative estimate of drug-likeness (QED) is 0.156. The van der Waals surface area contributed by atoms with Gasteiger partial charge in [0.15, 0.2) is 0 Å². The molecule has 6 aromatic carbocycles. The third-order valence-electron chi connectivity index (χ3n) is 10.5. The van der Waals surface area contributed by atoms with E-state index in [1.165, 1.54) is 16.7 Å². The van der Waals surface area contributed by atoms with Gasteiger partial charge in [-0.3, -0.25) is 0 Å². The maximum Gasteiger partial charge on any atom is 0.135 e. The fourth-order valence-electron chi connectivity index (χ4n) is 7.43. The van der Waals surface area contributed by atoms with Crippen LogP contribution in [0.3, 0.4) is 0 Å². The minimum absolute atomic E-state index is 0. The van der Waals surface area contributed by atoms with E-state index in [-0.39, 0.29) is 31.9 Å². The number of hydrogen-bond donors (Lipinski definition) is 0. The summed E-state index contributed by atoms with van der Waals surface area (Å²) in [6, 6.07) is 56.1. The average molecular weight is 911 g/mol. The first-order chi connectivity index (χ1) is 26.5. The number of rotatable bonds is 6. The van der Waals surface area contributed by atoms with Gasteiger partial charge in [0.1, 0.15) is 5.82 Å². The SMILES string of the molecule is CC(C)(C)c1cccc(N2[CH-]N(c3[c-]c(Oc4[c-]c5c(cc4)c4cc(-c6ccccc6)ccc4n5-c4cc(C(C)(C)C)ccn4)ccc3)c3ccccc32)c1.[Pt]. The summed E-state index contributed by atoms with van der Waals surface area (Å²) in [7, 11) is 0. The third-order valence-corrected chi connectivity index (χ3v) is 10.5. The van der Waals surface area contributed by atoms with E-state index in [0.717, 1.165) is 55.9 Å². The monoisotopic (exact) mass is 910 g/mol. The van der Waals surface area contributed by atoms with Gasteiger partial charge in [-0.15, -0.1) is 48.1 Å². The Morgan fingerprint density at radius 2 is 1.27 bits per heavy atom. The molecule has 8 aromatic rings. The van der Waals surface area contributed by atoms with E-state index in [0.29, 0.717) is 11.5 Å². The Balaban J connectivity index is 0.00000441. The minimum atomic E-state index is -0.0312. The summed E-state index contributed by atoms with van der Waals surface area (Å²) >= 11 is 0. The summed E-state index contributed by atoms with van der Waals surface area (Å²) in [5, 5.41) is 2.22. The molecule has 3 heterocycles. The largest absolute Gasteiger partial charge is 0.509 e. The van der Waals surface area contributed by atoms with E-state index in [4.69, 9.17) is 9.72 Å². The predicted octanol–water partition coefficient (Wildman–Crippen LogP) is 13.2. The molecule has 56 heavy (non-hydrogen) atoms. The van der Waals surface area contributed by atoms with Crippen molar-refractivity contribution >= 4 is 44.6 Å². The molecule has 6 heteroatoms. The van der Waals surface area contributed by atoms with Crippen molar-refractivity contribution in [3.05, 3.63) is 176 Å². The Bertz CT molecular complexity index is 2700. The normalized spacial score (nSPS) is 12.9. The van der Waals surface area contributed by atoms with Crippen LogP contribution in [0.5, 0.6) is 11.5 Å². The molecule has 0 amide bonds. The molecule has 9 rings (SSSR count). The number of pyridine rings is 1. The molecule has 0 atom stereocenters. The second-order valence-corrected chi connectivity index (χ2v) is 16.3. The zero-order valence-electron chi connectivity index (χ0n) is 32.4. The van der Waals surface area contributed by atoms with Crippen LogP contribution in [0.2, 0.25) is 0 Å². The van der Waals surface area contributed by atoms with Gasteiger partial charge in [-0.05, 0) is 80.9 Å². The van der Waals surface area contributed by atoms with Crippen LogP contribution in [0, 0.1) is 18.8 Å². The van der Waals surface area contributed by atoms with Crippen molar-refractivity contribution in [2.75, 3.05) is 9.80 Å². The Morgan fingerprint density at radius 1 is 0.571 bits per heavy atom. The number of ether oxygens (including phenoxy) is 1. The number of anilines is 4. The van der Waals surface area contributed by atoms with Gasteiger partial charge in [0.05, 0.1) is 0 Å². The zero-order chi connectivity index (χ0) is 37.9. The molecule has 0 spiro atoms. The number of nitrogens with zero attached hydrogens (tertiary/aromatic N) is 4. The Kier molecular flexibility index (Phi) is 9.63. The molecule has 0 saturated carbocycles. The molecular formula is C50H43N4OPt-3. The maximum atomic E-state index is 6.60. The van der Waals surface area contributed by atoms with Crippen LogP contribution in [0.1, 0.15) is 52.7 Å². The van der Waals surface area contributed by atoms with Crippen molar-refractivity contribution in [2.45, 2.75) is 52.4 Å². The van der Waals surface area contributed by atoms with Crippen LogP contribution in [-0.4, -0.2) is 9.55 Å². The molecule has 0 N–H and O–H groups in total. The second kappa shape index (κ2) is 14.5. The average Bonchev–Trinajstić information content (AvgIpc) is 3.74. The van der Waals surface area contributed by atoms with Crippen molar-refractivity contribution in [3.8, 4) is 28.4 Å². The molecule has 0 fully saturated rings. The molecule has 0 radical (unpaired) electrons. The molecule has 0 saturated heterocycles. The van der Waals surface area contributed by atoms with E-state index in [1.54, 1.807) is 0 Å². The predicted molar refractivity (Wildman–Crippen MR) is 227 cm³/mol. The van der Waals surface area contributed by atoms with Gasteiger partial charge in [-0.2, -0.15) is 12.1 Å². The fourth-order valence-corrected chi connectivity index (χ4v) is 7.43. The van der Waals surface area contributed by atoms with Crippen molar-refractivity contribution < 1.29 is 25.8 Å². The molecular weight excluding hydrogens is 868 g/mol. The standard InChI is InChI=1S/C50H43N4O.Pt/c1-49(2,3)36-16-12-17-38(29-36)52-33-53(46-21-11-10-20-45(46)52)39-18-13-19-40(31-39)55-41-23-24-42-43-28-35(34-14-8-7-9-15-34)22-25-44(43)54(47(42)32-41)48-30-37(26-27-51-48)50(4,5)6;/h7-30,33H,1-6H3;/q-3;. The first kappa shape index (κ1) is 37.3. The Morgan fingerprint density at radius 3 is 2.04 bits per heavy atom. The maximum absolute atomic E-state index is 6.60. The molecule has 0 unspecified atom stereocenters. The number of benzene rings is 6. The van der Waals surface area contributed by atoms with Gasteiger partial charge in [-0.25, -0.2) is 4.98 Å². The zero-order valence-corrected chi connectivity index (χ0v) is 34.7. The molecule has 0 aliphatic carbocycles. The van der Waals surface area contributed by atoms with Gasteiger partial charge in [0, 0.05) is 61.3 Å². The second-order valence-electron chi connectivity index (χ2n) is 16.3. The van der Waals surface area contributed by atoms with Crippen LogP contribution in [0.25, 0.3) is 38.8 Å². The van der Waals surface area contributed by atoms with Crippen LogP contribution in [0.15, 0.2) is 146 Å². The van der Waals surface area contributed by atoms with E-state index < -0.39 is 0 Å². The van der Waals surface area contributed by atoms with E-state index >= 15 is 0 Å². The van der Waals surface area contributed by atoms with E-state index in [2.05, 4.69) is 196 Å². The Labute approximate surface area is 344 Å². The molecule has 5 nitrogen and oxygen atoms in total. The number of aromatic nitrogens is 2. The van der Waals surface area contributed by atoms with Gasteiger partial charge in [-0.1, -0.05) is 114 Å². The van der Waals surface area contributed by atoms with Gasteiger partial charge in [0.25, 0.3) is 0 Å².